The maximum atomic E-state index is 12.9. The van der Waals surface area contributed by atoms with E-state index in [2.05, 4.69) is 15.1 Å². The Morgan fingerprint density at radius 1 is 0.829 bits per heavy atom. The van der Waals surface area contributed by atoms with Crippen molar-refractivity contribution in [2.24, 2.45) is 0 Å². The van der Waals surface area contributed by atoms with Gasteiger partial charge in [-0.2, -0.15) is 0 Å². The number of carbonyl (C=O) groups excluding carboxylic acids is 1. The zero-order valence-electron chi connectivity index (χ0n) is 19.0. The molecule has 35 heavy (non-hydrogen) atoms. The zero-order valence-corrected chi connectivity index (χ0v) is 19.8. The monoisotopic (exact) mass is 482 g/mol. The molecule has 1 saturated heterocycles. The van der Waals surface area contributed by atoms with Crippen LogP contribution in [-0.4, -0.2) is 56.6 Å². The van der Waals surface area contributed by atoms with Crippen LogP contribution in [-0.2, 0) is 11.2 Å². The SMILES string of the molecule is O=C(Cc1ccccc1)N1CCN(c2nc3ccccc3c3nnc(-c4ccc(Cl)cc4)n23)CC1. The number of halogens is 1. The molecule has 8 heteroatoms. The van der Waals surface area contributed by atoms with Crippen molar-refractivity contribution < 1.29 is 4.79 Å². The average molecular weight is 483 g/mol. The van der Waals surface area contributed by atoms with E-state index in [1.54, 1.807) is 0 Å². The Bertz CT molecular complexity index is 1510. The first-order chi connectivity index (χ1) is 17.2. The number of amides is 1. The summed E-state index contributed by atoms with van der Waals surface area (Å²) in [6.45, 7) is 2.64. The maximum Gasteiger partial charge on any atom is 0.227 e. The van der Waals surface area contributed by atoms with Crippen LogP contribution in [0, 0.1) is 0 Å². The highest BCUT2D eigenvalue weighted by Crippen LogP contribution is 2.29. The minimum absolute atomic E-state index is 0.151. The molecule has 3 heterocycles. The summed E-state index contributed by atoms with van der Waals surface area (Å²) in [5, 5.41) is 10.7. The van der Waals surface area contributed by atoms with E-state index < -0.39 is 0 Å². The van der Waals surface area contributed by atoms with Crippen LogP contribution in [0.25, 0.3) is 27.9 Å². The van der Waals surface area contributed by atoms with Gasteiger partial charge < -0.3 is 9.80 Å². The van der Waals surface area contributed by atoms with Gasteiger partial charge >= 0.3 is 0 Å². The third-order valence-corrected chi connectivity index (χ3v) is 6.70. The predicted octanol–water partition coefficient (Wildman–Crippen LogP) is 4.49. The molecule has 1 fully saturated rings. The Morgan fingerprint density at radius 2 is 1.54 bits per heavy atom. The number of anilines is 1. The summed E-state index contributed by atoms with van der Waals surface area (Å²) in [6, 6.07) is 25.4. The molecule has 0 saturated carbocycles. The number of carbonyl (C=O) groups is 1. The summed E-state index contributed by atoms with van der Waals surface area (Å²) in [6.07, 6.45) is 0.422. The van der Waals surface area contributed by atoms with E-state index in [4.69, 9.17) is 16.6 Å². The average Bonchev–Trinajstić information content (AvgIpc) is 3.35. The van der Waals surface area contributed by atoms with Crippen LogP contribution < -0.4 is 4.90 Å². The fraction of sp³-hybridized carbons (Fsp3) is 0.185. The number of hydrogen-bond acceptors (Lipinski definition) is 5. The number of rotatable bonds is 4. The number of nitrogens with zero attached hydrogens (tertiary/aromatic N) is 6. The van der Waals surface area contributed by atoms with E-state index in [0.29, 0.717) is 43.4 Å². The van der Waals surface area contributed by atoms with Crippen molar-refractivity contribution in [1.29, 1.82) is 0 Å². The number of hydrogen-bond donors (Lipinski definition) is 0. The Balaban J connectivity index is 1.34. The minimum atomic E-state index is 0.151. The number of benzene rings is 3. The zero-order chi connectivity index (χ0) is 23.8. The predicted molar refractivity (Wildman–Crippen MR) is 138 cm³/mol. The number of aromatic nitrogens is 4. The van der Waals surface area contributed by atoms with Gasteiger partial charge in [0.15, 0.2) is 11.5 Å². The second-order valence-corrected chi connectivity index (χ2v) is 9.09. The Labute approximate surface area is 207 Å². The van der Waals surface area contributed by atoms with Gasteiger partial charge in [0.05, 0.1) is 11.9 Å². The fourth-order valence-corrected chi connectivity index (χ4v) is 4.73. The van der Waals surface area contributed by atoms with Crippen LogP contribution in [0.4, 0.5) is 5.95 Å². The molecule has 0 spiro atoms. The number of para-hydroxylation sites is 1. The van der Waals surface area contributed by atoms with Crippen molar-refractivity contribution in [3.8, 4) is 11.4 Å². The van der Waals surface area contributed by atoms with Crippen LogP contribution in [0.3, 0.4) is 0 Å². The van der Waals surface area contributed by atoms with Crippen molar-refractivity contribution in [3.05, 3.63) is 89.4 Å². The van der Waals surface area contributed by atoms with Crippen molar-refractivity contribution >= 4 is 40.0 Å². The highest BCUT2D eigenvalue weighted by atomic mass is 35.5. The Kier molecular flexibility index (Phi) is 5.54. The lowest BCUT2D eigenvalue weighted by molar-refractivity contribution is -0.130. The molecule has 174 valence electrons. The van der Waals surface area contributed by atoms with Gasteiger partial charge in [-0.15, -0.1) is 10.2 Å². The summed E-state index contributed by atoms with van der Waals surface area (Å²) >= 11 is 6.12. The second kappa shape index (κ2) is 9.00. The van der Waals surface area contributed by atoms with Crippen LogP contribution in [0.1, 0.15) is 5.56 Å². The molecule has 1 aliphatic heterocycles. The Morgan fingerprint density at radius 3 is 2.31 bits per heavy atom. The van der Waals surface area contributed by atoms with Crippen molar-refractivity contribution in [1.82, 2.24) is 24.5 Å². The van der Waals surface area contributed by atoms with Gasteiger partial charge in [-0.1, -0.05) is 54.1 Å². The minimum Gasteiger partial charge on any atom is -0.339 e. The summed E-state index contributed by atoms with van der Waals surface area (Å²) in [5.41, 5.74) is 3.58. The topological polar surface area (TPSA) is 66.6 Å². The molecule has 0 radical (unpaired) electrons. The summed E-state index contributed by atoms with van der Waals surface area (Å²) in [7, 11) is 0. The molecule has 2 aromatic heterocycles. The smallest absolute Gasteiger partial charge is 0.227 e. The summed E-state index contributed by atoms with van der Waals surface area (Å²) in [4.78, 5) is 22.1. The first-order valence-electron chi connectivity index (χ1n) is 11.6. The quantitative estimate of drug-likeness (QED) is 0.377. The van der Waals surface area contributed by atoms with E-state index in [-0.39, 0.29) is 5.91 Å². The third kappa shape index (κ3) is 4.08. The van der Waals surface area contributed by atoms with E-state index >= 15 is 0 Å². The van der Waals surface area contributed by atoms with E-state index in [9.17, 15) is 4.79 Å². The van der Waals surface area contributed by atoms with Crippen LogP contribution in [0.15, 0.2) is 78.9 Å². The van der Waals surface area contributed by atoms with Gasteiger partial charge in [-0.05, 0) is 42.0 Å². The molecule has 5 aromatic rings. The van der Waals surface area contributed by atoms with Crippen LogP contribution >= 0.6 is 11.6 Å². The molecule has 0 atom stereocenters. The van der Waals surface area contributed by atoms with Gasteiger partial charge in [-0.3, -0.25) is 4.79 Å². The van der Waals surface area contributed by atoms with Gasteiger partial charge in [0, 0.05) is 42.2 Å². The molecule has 7 nitrogen and oxygen atoms in total. The highest BCUT2D eigenvalue weighted by Gasteiger charge is 2.26. The van der Waals surface area contributed by atoms with Gasteiger partial charge in [-0.25, -0.2) is 9.38 Å². The maximum absolute atomic E-state index is 12.9. The molecular weight excluding hydrogens is 460 g/mol. The molecule has 3 aromatic carbocycles. The van der Waals surface area contributed by atoms with E-state index in [0.717, 1.165) is 33.6 Å². The lowest BCUT2D eigenvalue weighted by atomic mass is 10.1. The molecule has 0 aliphatic carbocycles. The van der Waals surface area contributed by atoms with E-state index in [1.165, 1.54) is 0 Å². The molecule has 0 unspecified atom stereocenters. The molecule has 0 N–H and O–H groups in total. The summed E-state index contributed by atoms with van der Waals surface area (Å²) in [5.74, 6) is 1.65. The third-order valence-electron chi connectivity index (χ3n) is 6.44. The first-order valence-corrected chi connectivity index (χ1v) is 12.0. The summed E-state index contributed by atoms with van der Waals surface area (Å²) < 4.78 is 2.02. The number of fused-ring (bicyclic) bond motifs is 3. The van der Waals surface area contributed by atoms with E-state index in [1.807, 2.05) is 88.2 Å². The fourth-order valence-electron chi connectivity index (χ4n) is 4.60. The second-order valence-electron chi connectivity index (χ2n) is 8.65. The molecule has 1 amide bonds. The lowest BCUT2D eigenvalue weighted by Gasteiger charge is -2.35. The van der Waals surface area contributed by atoms with Gasteiger partial charge in [0.1, 0.15) is 0 Å². The normalized spacial score (nSPS) is 14.1. The van der Waals surface area contributed by atoms with Crippen molar-refractivity contribution in [3.63, 3.8) is 0 Å². The van der Waals surface area contributed by atoms with Crippen molar-refractivity contribution in [2.45, 2.75) is 6.42 Å². The van der Waals surface area contributed by atoms with Gasteiger partial charge in [0.2, 0.25) is 11.9 Å². The molecule has 0 bridgehead atoms. The molecular formula is C27H23ClN6O. The standard InChI is InChI=1S/C27H23ClN6O/c28-21-12-10-20(11-13-21)25-30-31-26-22-8-4-5-9-23(22)29-27(34(25)26)33-16-14-32(15-17-33)24(35)18-19-6-2-1-3-7-19/h1-13H,14-18H2. The first kappa shape index (κ1) is 21.6. The lowest BCUT2D eigenvalue weighted by Crippen LogP contribution is -2.50. The van der Waals surface area contributed by atoms with Crippen molar-refractivity contribution in [2.75, 3.05) is 31.1 Å². The highest BCUT2D eigenvalue weighted by molar-refractivity contribution is 6.30. The Hall–Kier alpha value is -3.97. The molecule has 6 rings (SSSR count). The largest absolute Gasteiger partial charge is 0.339 e. The van der Waals surface area contributed by atoms with Crippen LogP contribution in [0.5, 0.6) is 0 Å². The van der Waals surface area contributed by atoms with Gasteiger partial charge in [0.25, 0.3) is 0 Å². The number of piperazine rings is 1. The molecule has 1 aliphatic rings. The van der Waals surface area contributed by atoms with Crippen LogP contribution in [0.2, 0.25) is 5.02 Å².